The van der Waals surface area contributed by atoms with Crippen LogP contribution < -0.4 is 16.1 Å². The Kier molecular flexibility index (Phi) is 5.29. The number of hydrogen-bond donors (Lipinski definition) is 1. The molecule has 0 spiro atoms. The van der Waals surface area contributed by atoms with E-state index >= 15 is 0 Å². The summed E-state index contributed by atoms with van der Waals surface area (Å²) in [6, 6.07) is 7.56. The van der Waals surface area contributed by atoms with E-state index in [2.05, 4.69) is 21.2 Å². The Labute approximate surface area is 175 Å². The van der Waals surface area contributed by atoms with Crippen LogP contribution in [0.2, 0.25) is 0 Å². The molecule has 0 unspecified atom stereocenters. The monoisotopic (exact) mass is 428 g/mol. The molecular weight excluding hydrogens is 408 g/mol. The van der Waals surface area contributed by atoms with Gasteiger partial charge in [0.15, 0.2) is 10.8 Å². The lowest BCUT2D eigenvalue weighted by atomic mass is 10.1. The van der Waals surface area contributed by atoms with Gasteiger partial charge in [0.05, 0.1) is 5.69 Å². The Bertz CT molecular complexity index is 1220. The van der Waals surface area contributed by atoms with E-state index in [0.29, 0.717) is 27.4 Å². The van der Waals surface area contributed by atoms with Gasteiger partial charge in [-0.1, -0.05) is 17.8 Å². The van der Waals surface area contributed by atoms with E-state index in [1.54, 1.807) is 10.5 Å². The fourth-order valence-electron chi connectivity index (χ4n) is 2.98. The van der Waals surface area contributed by atoms with Crippen molar-refractivity contribution in [3.05, 3.63) is 68.3 Å². The van der Waals surface area contributed by atoms with Crippen LogP contribution in [0.4, 0.5) is 0 Å². The zero-order chi connectivity index (χ0) is 20.5. The largest absolute Gasteiger partial charge is 0.486 e. The number of rotatable bonds is 6. The van der Waals surface area contributed by atoms with Crippen molar-refractivity contribution in [2.75, 3.05) is 5.84 Å². The predicted molar refractivity (Wildman–Crippen MR) is 114 cm³/mol. The number of thiazole rings is 1. The SMILES string of the molecule is Cc1cc(C)cc(OCc2nnc(SCc3cc(=O)n4c(C)csc4n3)n2N)c1. The topological polar surface area (TPSA) is 100 Å². The summed E-state index contributed by atoms with van der Waals surface area (Å²) < 4.78 is 8.82. The number of benzene rings is 1. The van der Waals surface area contributed by atoms with Crippen molar-refractivity contribution in [3.63, 3.8) is 0 Å². The van der Waals surface area contributed by atoms with Crippen molar-refractivity contribution in [3.8, 4) is 5.75 Å². The molecule has 0 atom stereocenters. The molecule has 0 amide bonds. The maximum atomic E-state index is 12.3. The van der Waals surface area contributed by atoms with Crippen molar-refractivity contribution in [2.24, 2.45) is 0 Å². The number of nitrogen functional groups attached to an aromatic ring is 1. The third-order valence-electron chi connectivity index (χ3n) is 4.28. The average Bonchev–Trinajstić information content (AvgIpc) is 3.20. The van der Waals surface area contributed by atoms with Crippen LogP contribution in [0, 0.1) is 20.8 Å². The van der Waals surface area contributed by atoms with Gasteiger partial charge >= 0.3 is 0 Å². The summed E-state index contributed by atoms with van der Waals surface area (Å²) in [5, 5.41) is 10.7. The minimum absolute atomic E-state index is 0.0823. The summed E-state index contributed by atoms with van der Waals surface area (Å²) in [6.07, 6.45) is 0. The summed E-state index contributed by atoms with van der Waals surface area (Å²) >= 11 is 2.82. The van der Waals surface area contributed by atoms with Crippen molar-refractivity contribution < 1.29 is 4.74 Å². The second kappa shape index (κ2) is 7.88. The Morgan fingerprint density at radius 2 is 1.90 bits per heavy atom. The normalized spacial score (nSPS) is 11.3. The molecule has 3 aromatic heterocycles. The van der Waals surface area contributed by atoms with Crippen molar-refractivity contribution >= 4 is 28.1 Å². The van der Waals surface area contributed by atoms with Gasteiger partial charge < -0.3 is 10.6 Å². The Balaban J connectivity index is 1.44. The standard InChI is InChI=1S/C19H20N6O2S2/c1-11-4-12(2)6-15(5-11)27-8-16-22-23-19(25(16)20)29-10-14-7-17(26)24-13(3)9-28-18(24)21-14/h4-7,9H,8,10,20H2,1-3H3. The molecule has 0 saturated heterocycles. The van der Waals surface area contributed by atoms with E-state index in [9.17, 15) is 4.79 Å². The first-order chi connectivity index (χ1) is 13.9. The van der Waals surface area contributed by atoms with Gasteiger partial charge in [-0.25, -0.2) is 9.66 Å². The highest BCUT2D eigenvalue weighted by molar-refractivity contribution is 7.98. The zero-order valence-electron chi connectivity index (χ0n) is 16.2. The lowest BCUT2D eigenvalue weighted by molar-refractivity contribution is 0.291. The lowest BCUT2D eigenvalue weighted by Crippen LogP contribution is -2.16. The van der Waals surface area contributed by atoms with Crippen molar-refractivity contribution in [1.82, 2.24) is 24.3 Å². The number of nitrogens with zero attached hydrogens (tertiary/aromatic N) is 5. The predicted octanol–water partition coefficient (Wildman–Crippen LogP) is 2.86. The van der Waals surface area contributed by atoms with Crippen LogP contribution in [0.5, 0.6) is 5.75 Å². The van der Waals surface area contributed by atoms with Crippen LogP contribution in [0.1, 0.15) is 28.3 Å². The minimum Gasteiger partial charge on any atom is -0.486 e. The number of thioether (sulfide) groups is 1. The first-order valence-corrected chi connectivity index (χ1v) is 10.8. The van der Waals surface area contributed by atoms with Crippen LogP contribution in [-0.2, 0) is 12.4 Å². The Morgan fingerprint density at radius 3 is 2.66 bits per heavy atom. The molecule has 10 heteroatoms. The van der Waals surface area contributed by atoms with Crippen LogP contribution in [-0.4, -0.2) is 24.3 Å². The van der Waals surface area contributed by atoms with E-state index in [4.69, 9.17) is 10.6 Å². The Hall–Kier alpha value is -2.85. The van der Waals surface area contributed by atoms with Gasteiger partial charge in [0.1, 0.15) is 12.4 Å². The summed E-state index contributed by atoms with van der Waals surface area (Å²) in [5.74, 6) is 7.88. The van der Waals surface area contributed by atoms with E-state index in [-0.39, 0.29) is 12.2 Å². The molecule has 8 nitrogen and oxygen atoms in total. The molecule has 150 valence electrons. The molecular formula is C19H20N6O2S2. The van der Waals surface area contributed by atoms with E-state index in [1.165, 1.54) is 27.8 Å². The highest BCUT2D eigenvalue weighted by Gasteiger charge is 2.13. The molecule has 1 aromatic carbocycles. The summed E-state index contributed by atoms with van der Waals surface area (Å²) in [7, 11) is 0. The van der Waals surface area contributed by atoms with Gasteiger partial charge in [0, 0.05) is 22.9 Å². The molecule has 4 aromatic rings. The van der Waals surface area contributed by atoms with Crippen LogP contribution in [0.15, 0.2) is 39.6 Å². The van der Waals surface area contributed by atoms with Gasteiger partial charge in [-0.3, -0.25) is 9.20 Å². The van der Waals surface area contributed by atoms with Crippen molar-refractivity contribution in [2.45, 2.75) is 38.3 Å². The van der Waals surface area contributed by atoms with Gasteiger partial charge in [-0.05, 0) is 44.0 Å². The summed E-state index contributed by atoms with van der Waals surface area (Å²) in [5.41, 5.74) is 3.74. The van der Waals surface area contributed by atoms with Crippen LogP contribution in [0.3, 0.4) is 0 Å². The molecule has 4 rings (SSSR count). The lowest BCUT2D eigenvalue weighted by Gasteiger charge is -2.08. The van der Waals surface area contributed by atoms with E-state index in [0.717, 1.165) is 22.6 Å². The fraction of sp³-hybridized carbons (Fsp3) is 0.263. The second-order valence-corrected chi connectivity index (χ2v) is 8.53. The molecule has 0 aliphatic heterocycles. The number of aromatic nitrogens is 5. The second-order valence-electron chi connectivity index (χ2n) is 6.75. The molecule has 3 heterocycles. The first kappa shape index (κ1) is 19.5. The van der Waals surface area contributed by atoms with E-state index < -0.39 is 0 Å². The average molecular weight is 429 g/mol. The number of fused-ring (bicyclic) bond motifs is 1. The molecule has 0 saturated carbocycles. The third kappa shape index (κ3) is 4.13. The Morgan fingerprint density at radius 1 is 1.14 bits per heavy atom. The molecule has 2 N–H and O–H groups in total. The molecule has 0 bridgehead atoms. The minimum atomic E-state index is -0.0823. The quantitative estimate of drug-likeness (QED) is 0.372. The van der Waals surface area contributed by atoms with Gasteiger partial charge in [-0.2, -0.15) is 0 Å². The van der Waals surface area contributed by atoms with E-state index in [1.807, 2.05) is 38.3 Å². The van der Waals surface area contributed by atoms with Crippen LogP contribution in [0.25, 0.3) is 4.96 Å². The highest BCUT2D eigenvalue weighted by Crippen LogP contribution is 2.22. The van der Waals surface area contributed by atoms with Gasteiger partial charge in [0.2, 0.25) is 5.16 Å². The summed E-state index contributed by atoms with van der Waals surface area (Å²) in [4.78, 5) is 17.5. The smallest absolute Gasteiger partial charge is 0.258 e. The number of aryl methyl sites for hydroxylation is 3. The highest BCUT2D eigenvalue weighted by atomic mass is 32.2. The van der Waals surface area contributed by atoms with Gasteiger partial charge in [-0.15, -0.1) is 21.5 Å². The molecule has 0 radical (unpaired) electrons. The zero-order valence-corrected chi connectivity index (χ0v) is 17.9. The van der Waals surface area contributed by atoms with Crippen molar-refractivity contribution in [1.29, 1.82) is 0 Å². The molecule has 0 fully saturated rings. The summed E-state index contributed by atoms with van der Waals surface area (Å²) in [6.45, 7) is 6.15. The van der Waals surface area contributed by atoms with Gasteiger partial charge in [0.25, 0.3) is 5.56 Å². The first-order valence-electron chi connectivity index (χ1n) is 8.91. The fourth-order valence-corrected chi connectivity index (χ4v) is 4.64. The molecule has 0 aliphatic rings. The maximum Gasteiger partial charge on any atom is 0.258 e. The third-order valence-corrected chi connectivity index (χ3v) is 6.20. The van der Waals surface area contributed by atoms with Crippen LogP contribution >= 0.6 is 23.1 Å². The molecule has 29 heavy (non-hydrogen) atoms. The maximum absolute atomic E-state index is 12.3. The number of ether oxygens (including phenoxy) is 1. The number of nitrogens with two attached hydrogens (primary N) is 1. The molecule has 0 aliphatic carbocycles. The number of hydrogen-bond acceptors (Lipinski definition) is 8.